The molecule has 5 heteroatoms. The van der Waals surface area contributed by atoms with Gasteiger partial charge in [0.25, 0.3) is 0 Å². The molecule has 1 aromatic heterocycles. The van der Waals surface area contributed by atoms with Gasteiger partial charge in [0.1, 0.15) is 12.0 Å². The lowest BCUT2D eigenvalue weighted by atomic mass is 9.89. The van der Waals surface area contributed by atoms with Gasteiger partial charge in [-0.2, -0.15) is 0 Å². The quantitative estimate of drug-likeness (QED) is 0.926. The third kappa shape index (κ3) is 3.16. The van der Waals surface area contributed by atoms with E-state index in [4.69, 9.17) is 16.6 Å². The smallest absolute Gasteiger partial charge is 0.146 e. The number of rotatable bonds is 4. The summed E-state index contributed by atoms with van der Waals surface area (Å²) in [7, 11) is 0. The van der Waals surface area contributed by atoms with Crippen LogP contribution in [0.4, 0.5) is 5.82 Å². The van der Waals surface area contributed by atoms with Gasteiger partial charge in [0.15, 0.2) is 0 Å². The predicted octanol–water partition coefficient (Wildman–Crippen LogP) is 3.47. The topological polar surface area (TPSA) is 49.6 Å². The van der Waals surface area contributed by atoms with Crippen LogP contribution in [0.3, 0.4) is 0 Å². The number of aromatic nitrogens is 1. The maximum absolute atomic E-state index is 6.08. The molecule has 3 atom stereocenters. The van der Waals surface area contributed by atoms with E-state index in [1.165, 1.54) is 0 Å². The lowest BCUT2D eigenvalue weighted by Crippen LogP contribution is -2.20. The van der Waals surface area contributed by atoms with Crippen molar-refractivity contribution in [3.8, 4) is 0 Å². The van der Waals surface area contributed by atoms with Gasteiger partial charge < -0.3 is 5.32 Å². The molecule has 0 saturated carbocycles. The zero-order valence-corrected chi connectivity index (χ0v) is 13.0. The van der Waals surface area contributed by atoms with Crippen molar-refractivity contribution in [2.45, 2.75) is 25.9 Å². The first-order valence-corrected chi connectivity index (χ1v) is 7.66. The third-order valence-corrected chi connectivity index (χ3v) is 3.89. The van der Waals surface area contributed by atoms with Crippen molar-refractivity contribution in [3.63, 3.8) is 0 Å². The molecule has 0 amide bonds. The van der Waals surface area contributed by atoms with Gasteiger partial charge in [-0.15, -0.1) is 0 Å². The molecule has 0 saturated heterocycles. The van der Waals surface area contributed by atoms with Crippen LogP contribution in [0.1, 0.15) is 25.5 Å². The molecular weight excluding hydrogens is 284 g/mol. The van der Waals surface area contributed by atoms with Gasteiger partial charge in [0.2, 0.25) is 0 Å². The molecule has 0 fully saturated rings. The number of allylic oxidation sites excluding steroid dienone is 1. The molecule has 0 spiro atoms. The second kappa shape index (κ2) is 5.98. The Bertz CT molecular complexity index is 606. The number of fused-ring (bicyclic) bond motifs is 1. The summed E-state index contributed by atoms with van der Waals surface area (Å²) in [5.41, 5.74) is 1.01. The highest BCUT2D eigenvalue weighted by Gasteiger charge is 2.34. The van der Waals surface area contributed by atoms with Crippen LogP contribution in [-0.4, -0.2) is 30.1 Å². The van der Waals surface area contributed by atoms with Gasteiger partial charge in [-0.3, -0.25) is 9.98 Å². The summed E-state index contributed by atoms with van der Waals surface area (Å²) in [6.07, 6.45) is 5.61. The van der Waals surface area contributed by atoms with Crippen LogP contribution < -0.4 is 5.32 Å². The van der Waals surface area contributed by atoms with E-state index in [-0.39, 0.29) is 18.0 Å². The summed E-state index contributed by atoms with van der Waals surface area (Å²) in [4.78, 5) is 13.5. The lowest BCUT2D eigenvalue weighted by molar-refractivity contribution is 0.525. The average molecular weight is 303 g/mol. The largest absolute Gasteiger partial charge is 0.370 e. The molecule has 4 nitrogen and oxygen atoms in total. The number of hydrogen-bond acceptors (Lipinski definition) is 4. The highest BCUT2D eigenvalue weighted by molar-refractivity contribution is 6.39. The SMILES string of the molecule is CC(C)CNc1cccc(C2C=NC3N=CC(Cl)=CC32)n1. The fraction of sp³-hybridized carbons (Fsp3) is 0.438. The molecule has 3 rings (SSSR count). The minimum atomic E-state index is -0.0495. The van der Waals surface area contributed by atoms with Gasteiger partial charge in [-0.25, -0.2) is 4.98 Å². The van der Waals surface area contributed by atoms with E-state index in [2.05, 4.69) is 29.1 Å². The molecular formula is C16H19ClN4. The summed E-state index contributed by atoms with van der Waals surface area (Å²) in [5.74, 6) is 1.81. The second-order valence-corrected chi connectivity index (χ2v) is 6.30. The van der Waals surface area contributed by atoms with Crippen molar-refractivity contribution in [2.75, 3.05) is 11.9 Å². The molecule has 3 unspecified atom stereocenters. The van der Waals surface area contributed by atoms with E-state index in [9.17, 15) is 0 Å². The fourth-order valence-corrected chi connectivity index (χ4v) is 2.79. The first kappa shape index (κ1) is 14.3. The molecule has 21 heavy (non-hydrogen) atoms. The summed E-state index contributed by atoms with van der Waals surface area (Å²) in [5, 5.41) is 4.04. The lowest BCUT2D eigenvalue weighted by Gasteiger charge is -2.21. The molecule has 0 bridgehead atoms. The number of hydrogen-bond donors (Lipinski definition) is 1. The first-order chi connectivity index (χ1) is 10.1. The Balaban J connectivity index is 1.79. The molecule has 2 aliphatic rings. The van der Waals surface area contributed by atoms with E-state index < -0.39 is 0 Å². The van der Waals surface area contributed by atoms with Gasteiger partial charge in [-0.1, -0.05) is 37.6 Å². The number of pyridine rings is 1. The number of dihydropyridines is 1. The molecule has 3 heterocycles. The van der Waals surface area contributed by atoms with E-state index in [1.54, 1.807) is 6.21 Å². The van der Waals surface area contributed by atoms with Crippen LogP contribution in [0.25, 0.3) is 0 Å². The summed E-state index contributed by atoms with van der Waals surface area (Å²) in [6, 6.07) is 6.07. The Morgan fingerprint density at radius 3 is 2.95 bits per heavy atom. The van der Waals surface area contributed by atoms with Gasteiger partial charge in [0.05, 0.1) is 10.7 Å². The third-order valence-electron chi connectivity index (χ3n) is 3.66. The van der Waals surface area contributed by atoms with Gasteiger partial charge in [-0.05, 0) is 18.1 Å². The van der Waals surface area contributed by atoms with Crippen LogP contribution in [0.15, 0.2) is 39.3 Å². The maximum atomic E-state index is 6.08. The summed E-state index contributed by atoms with van der Waals surface area (Å²) >= 11 is 6.08. The van der Waals surface area contributed by atoms with E-state index >= 15 is 0 Å². The van der Waals surface area contributed by atoms with Crippen LogP contribution >= 0.6 is 11.6 Å². The molecule has 1 aromatic rings. The molecule has 0 radical (unpaired) electrons. The van der Waals surface area contributed by atoms with Crippen LogP contribution in [0.5, 0.6) is 0 Å². The number of nitrogens with one attached hydrogen (secondary N) is 1. The maximum Gasteiger partial charge on any atom is 0.146 e. The predicted molar refractivity (Wildman–Crippen MR) is 88.5 cm³/mol. The fourth-order valence-electron chi connectivity index (χ4n) is 2.58. The molecule has 110 valence electrons. The number of nitrogens with zero attached hydrogens (tertiary/aromatic N) is 3. The minimum absolute atomic E-state index is 0.0495. The van der Waals surface area contributed by atoms with E-state index in [0.717, 1.165) is 18.1 Å². The number of halogens is 1. The molecule has 0 aromatic carbocycles. The zero-order valence-electron chi connectivity index (χ0n) is 12.2. The van der Waals surface area contributed by atoms with Crippen molar-refractivity contribution >= 4 is 29.8 Å². The Morgan fingerprint density at radius 1 is 1.29 bits per heavy atom. The highest BCUT2D eigenvalue weighted by Crippen LogP contribution is 2.36. The Hall–Kier alpha value is -1.68. The Morgan fingerprint density at radius 2 is 2.14 bits per heavy atom. The minimum Gasteiger partial charge on any atom is -0.370 e. The standard InChI is InChI=1S/C16H19ClN4/c1-10(2)7-18-15-5-3-4-14(21-15)13-9-20-16-12(13)6-11(17)8-19-16/h3-6,8-10,12-13,16H,7H2,1-2H3,(H,18,21). The summed E-state index contributed by atoms with van der Waals surface area (Å²) in [6.45, 7) is 5.27. The monoisotopic (exact) mass is 302 g/mol. The second-order valence-electron chi connectivity index (χ2n) is 5.87. The highest BCUT2D eigenvalue weighted by atomic mass is 35.5. The van der Waals surface area contributed by atoms with Crippen molar-refractivity contribution in [1.82, 2.24) is 4.98 Å². The van der Waals surface area contributed by atoms with Crippen molar-refractivity contribution in [2.24, 2.45) is 21.8 Å². The van der Waals surface area contributed by atoms with Crippen molar-refractivity contribution in [3.05, 3.63) is 35.0 Å². The first-order valence-electron chi connectivity index (χ1n) is 7.28. The van der Waals surface area contributed by atoms with Gasteiger partial charge in [0, 0.05) is 30.8 Å². The van der Waals surface area contributed by atoms with Crippen LogP contribution in [0, 0.1) is 11.8 Å². The molecule has 0 aliphatic carbocycles. The average Bonchev–Trinajstić information content (AvgIpc) is 2.88. The number of anilines is 1. The van der Waals surface area contributed by atoms with Crippen molar-refractivity contribution < 1.29 is 0 Å². The van der Waals surface area contributed by atoms with E-state index in [0.29, 0.717) is 11.0 Å². The van der Waals surface area contributed by atoms with Crippen molar-refractivity contribution in [1.29, 1.82) is 0 Å². The Kier molecular flexibility index (Phi) is 4.06. The van der Waals surface area contributed by atoms with E-state index in [1.807, 2.05) is 30.5 Å². The van der Waals surface area contributed by atoms with Crippen LogP contribution in [0.2, 0.25) is 0 Å². The zero-order chi connectivity index (χ0) is 14.8. The normalized spacial score (nSPS) is 26.9. The van der Waals surface area contributed by atoms with Crippen LogP contribution in [-0.2, 0) is 0 Å². The molecule has 1 N–H and O–H groups in total. The summed E-state index contributed by atoms with van der Waals surface area (Å²) < 4.78 is 0. The number of aliphatic imine (C=N–C) groups is 2. The Labute approximate surface area is 130 Å². The molecule has 2 aliphatic heterocycles. The van der Waals surface area contributed by atoms with Gasteiger partial charge >= 0.3 is 0 Å².